The smallest absolute Gasteiger partial charge is 0.260 e. The number of halogens is 1. The van der Waals surface area contributed by atoms with Crippen molar-refractivity contribution in [3.05, 3.63) is 53.1 Å². The fourth-order valence-corrected chi connectivity index (χ4v) is 3.42. The van der Waals surface area contributed by atoms with E-state index in [-0.39, 0.29) is 12.5 Å². The number of nitrogens with zero attached hydrogens (tertiary/aromatic N) is 2. The third-order valence-electron chi connectivity index (χ3n) is 4.63. The van der Waals surface area contributed by atoms with E-state index in [0.717, 1.165) is 30.1 Å². The van der Waals surface area contributed by atoms with Crippen molar-refractivity contribution >= 4 is 23.2 Å². The first-order valence-electron chi connectivity index (χ1n) is 9.22. The molecule has 0 saturated carbocycles. The number of hydrogen-bond donors (Lipinski definition) is 0. The van der Waals surface area contributed by atoms with E-state index < -0.39 is 0 Å². The quantitative estimate of drug-likeness (QED) is 0.755. The molecular formula is C21H25ClN2O3. The minimum Gasteiger partial charge on any atom is -0.492 e. The molecule has 0 radical (unpaired) electrons. The van der Waals surface area contributed by atoms with Crippen LogP contribution in [-0.4, -0.2) is 50.2 Å². The number of para-hydroxylation sites is 2. The molecule has 0 aliphatic carbocycles. The molecule has 1 aliphatic rings. The molecular weight excluding hydrogens is 364 g/mol. The molecule has 2 aromatic rings. The van der Waals surface area contributed by atoms with Gasteiger partial charge < -0.3 is 19.3 Å². The van der Waals surface area contributed by atoms with Gasteiger partial charge in [0.05, 0.1) is 12.3 Å². The van der Waals surface area contributed by atoms with E-state index in [9.17, 15) is 4.79 Å². The Morgan fingerprint density at radius 3 is 2.48 bits per heavy atom. The Labute approximate surface area is 165 Å². The maximum absolute atomic E-state index is 12.5. The van der Waals surface area contributed by atoms with Crippen LogP contribution in [0.2, 0.25) is 5.02 Å². The summed E-state index contributed by atoms with van der Waals surface area (Å²) in [4.78, 5) is 16.6. The molecule has 1 amide bonds. The van der Waals surface area contributed by atoms with Gasteiger partial charge in [0.25, 0.3) is 5.91 Å². The average Bonchev–Trinajstić information content (AvgIpc) is 2.68. The molecule has 6 heteroatoms. The van der Waals surface area contributed by atoms with E-state index in [1.807, 2.05) is 43.0 Å². The van der Waals surface area contributed by atoms with Crippen molar-refractivity contribution in [3.8, 4) is 11.5 Å². The standard InChI is InChI=1S/C21H25ClN2O3/c1-3-26-20-7-5-4-6-18(20)23-10-12-24(13-11-23)21(25)15-27-19-9-8-17(22)14-16(19)2/h4-9,14H,3,10-13,15H2,1-2H3. The summed E-state index contributed by atoms with van der Waals surface area (Å²) < 4.78 is 11.4. The Bertz CT molecular complexity index is 789. The van der Waals surface area contributed by atoms with E-state index in [4.69, 9.17) is 21.1 Å². The second-order valence-electron chi connectivity index (χ2n) is 6.47. The Balaban J connectivity index is 1.53. The van der Waals surface area contributed by atoms with Crippen molar-refractivity contribution in [2.24, 2.45) is 0 Å². The minimum atomic E-state index is 0.00194. The van der Waals surface area contributed by atoms with Crippen LogP contribution in [0.4, 0.5) is 5.69 Å². The number of rotatable bonds is 6. The zero-order chi connectivity index (χ0) is 19.2. The summed E-state index contributed by atoms with van der Waals surface area (Å²) in [6.45, 7) is 7.46. The predicted octanol–water partition coefficient (Wildman–Crippen LogP) is 3.77. The summed E-state index contributed by atoms with van der Waals surface area (Å²) in [6.07, 6.45) is 0. The molecule has 3 rings (SSSR count). The predicted molar refractivity (Wildman–Crippen MR) is 108 cm³/mol. The van der Waals surface area contributed by atoms with Gasteiger partial charge in [-0.2, -0.15) is 0 Å². The van der Waals surface area contributed by atoms with Crippen LogP contribution >= 0.6 is 11.6 Å². The van der Waals surface area contributed by atoms with Crippen molar-refractivity contribution in [3.63, 3.8) is 0 Å². The van der Waals surface area contributed by atoms with Crippen LogP contribution in [0.25, 0.3) is 0 Å². The molecule has 1 aliphatic heterocycles. The molecule has 1 heterocycles. The number of carbonyl (C=O) groups is 1. The second kappa shape index (κ2) is 9.00. The van der Waals surface area contributed by atoms with Gasteiger partial charge in [0.15, 0.2) is 6.61 Å². The molecule has 5 nitrogen and oxygen atoms in total. The summed E-state index contributed by atoms with van der Waals surface area (Å²) in [5.41, 5.74) is 2.01. The largest absolute Gasteiger partial charge is 0.492 e. The van der Waals surface area contributed by atoms with Crippen LogP contribution in [0.3, 0.4) is 0 Å². The van der Waals surface area contributed by atoms with Crippen molar-refractivity contribution in [1.82, 2.24) is 4.90 Å². The molecule has 27 heavy (non-hydrogen) atoms. The topological polar surface area (TPSA) is 42.0 Å². The third-order valence-corrected chi connectivity index (χ3v) is 4.86. The van der Waals surface area contributed by atoms with E-state index >= 15 is 0 Å². The normalized spacial score (nSPS) is 14.2. The van der Waals surface area contributed by atoms with Crippen molar-refractivity contribution in [2.45, 2.75) is 13.8 Å². The molecule has 0 unspecified atom stereocenters. The summed E-state index contributed by atoms with van der Waals surface area (Å²) in [5.74, 6) is 1.58. The van der Waals surface area contributed by atoms with Crippen LogP contribution in [0.1, 0.15) is 12.5 Å². The highest BCUT2D eigenvalue weighted by Crippen LogP contribution is 2.29. The lowest BCUT2D eigenvalue weighted by Crippen LogP contribution is -2.50. The molecule has 1 saturated heterocycles. The van der Waals surface area contributed by atoms with Gasteiger partial charge in [-0.25, -0.2) is 0 Å². The van der Waals surface area contributed by atoms with Crippen LogP contribution < -0.4 is 14.4 Å². The van der Waals surface area contributed by atoms with Crippen molar-refractivity contribution < 1.29 is 14.3 Å². The van der Waals surface area contributed by atoms with E-state index in [0.29, 0.717) is 30.5 Å². The van der Waals surface area contributed by atoms with Crippen molar-refractivity contribution in [2.75, 3.05) is 44.3 Å². The summed E-state index contributed by atoms with van der Waals surface area (Å²) in [5, 5.41) is 0.662. The zero-order valence-electron chi connectivity index (χ0n) is 15.8. The Morgan fingerprint density at radius 2 is 1.78 bits per heavy atom. The highest BCUT2D eigenvalue weighted by Gasteiger charge is 2.23. The maximum atomic E-state index is 12.5. The average molecular weight is 389 g/mol. The number of benzene rings is 2. The van der Waals surface area contributed by atoms with E-state index in [1.165, 1.54) is 0 Å². The number of ether oxygens (including phenoxy) is 2. The summed E-state index contributed by atoms with van der Waals surface area (Å²) in [6, 6.07) is 13.4. The lowest BCUT2D eigenvalue weighted by molar-refractivity contribution is -0.133. The van der Waals surface area contributed by atoms with Crippen LogP contribution in [-0.2, 0) is 4.79 Å². The second-order valence-corrected chi connectivity index (χ2v) is 6.90. The van der Waals surface area contributed by atoms with E-state index in [1.54, 1.807) is 12.1 Å². The highest BCUT2D eigenvalue weighted by atomic mass is 35.5. The number of amides is 1. The van der Waals surface area contributed by atoms with Gasteiger partial charge in [0, 0.05) is 31.2 Å². The first-order chi connectivity index (χ1) is 13.1. The maximum Gasteiger partial charge on any atom is 0.260 e. The van der Waals surface area contributed by atoms with Crippen LogP contribution in [0.5, 0.6) is 11.5 Å². The third kappa shape index (κ3) is 4.86. The molecule has 1 fully saturated rings. The minimum absolute atomic E-state index is 0.00194. The summed E-state index contributed by atoms with van der Waals surface area (Å²) >= 11 is 5.95. The van der Waals surface area contributed by atoms with Crippen LogP contribution in [0.15, 0.2) is 42.5 Å². The fraction of sp³-hybridized carbons (Fsp3) is 0.381. The molecule has 0 spiro atoms. The van der Waals surface area contributed by atoms with Gasteiger partial charge in [0.1, 0.15) is 11.5 Å². The molecule has 144 valence electrons. The number of carbonyl (C=O) groups excluding carboxylic acids is 1. The molecule has 0 N–H and O–H groups in total. The van der Waals surface area contributed by atoms with Crippen LogP contribution in [0, 0.1) is 6.92 Å². The van der Waals surface area contributed by atoms with Gasteiger partial charge in [-0.05, 0) is 49.7 Å². The zero-order valence-corrected chi connectivity index (χ0v) is 16.5. The summed E-state index contributed by atoms with van der Waals surface area (Å²) in [7, 11) is 0. The number of hydrogen-bond acceptors (Lipinski definition) is 4. The number of aryl methyl sites for hydroxylation is 1. The highest BCUT2D eigenvalue weighted by molar-refractivity contribution is 6.30. The molecule has 0 bridgehead atoms. The van der Waals surface area contributed by atoms with Gasteiger partial charge in [-0.15, -0.1) is 0 Å². The van der Waals surface area contributed by atoms with Gasteiger partial charge >= 0.3 is 0 Å². The van der Waals surface area contributed by atoms with Crippen molar-refractivity contribution in [1.29, 1.82) is 0 Å². The fourth-order valence-electron chi connectivity index (χ4n) is 3.20. The lowest BCUT2D eigenvalue weighted by Gasteiger charge is -2.36. The first-order valence-corrected chi connectivity index (χ1v) is 9.59. The van der Waals surface area contributed by atoms with Gasteiger partial charge in [-0.1, -0.05) is 23.7 Å². The lowest BCUT2D eigenvalue weighted by atomic mass is 10.2. The number of piperazine rings is 1. The monoisotopic (exact) mass is 388 g/mol. The first kappa shape index (κ1) is 19.4. The van der Waals surface area contributed by atoms with Gasteiger partial charge in [0.2, 0.25) is 0 Å². The molecule has 2 aromatic carbocycles. The molecule has 0 aromatic heterocycles. The number of anilines is 1. The Morgan fingerprint density at radius 1 is 1.04 bits per heavy atom. The Kier molecular flexibility index (Phi) is 6.45. The Hall–Kier alpha value is -2.40. The van der Waals surface area contributed by atoms with Gasteiger partial charge in [-0.3, -0.25) is 4.79 Å². The van der Waals surface area contributed by atoms with E-state index in [2.05, 4.69) is 11.0 Å². The SMILES string of the molecule is CCOc1ccccc1N1CCN(C(=O)COc2ccc(Cl)cc2C)CC1. The molecule has 0 atom stereocenters.